The number of allylic oxidation sites excluding steroid dienone is 1. The minimum absolute atomic E-state index is 0.262. The summed E-state index contributed by atoms with van der Waals surface area (Å²) in [5.41, 5.74) is 2.06. The fraction of sp³-hybridized carbons (Fsp3) is 0.160. The minimum Gasteiger partial charge on any atom is -0.487 e. The molecule has 0 saturated carbocycles. The summed E-state index contributed by atoms with van der Waals surface area (Å²) >= 11 is 14.4. The van der Waals surface area contributed by atoms with Crippen molar-refractivity contribution in [3.05, 3.63) is 105 Å². The van der Waals surface area contributed by atoms with Crippen LogP contribution in [0.5, 0.6) is 5.75 Å². The SMILES string of the molecule is C=CCOc1c(Br)cc(/C=c2\sc3n(c2=O)[C@H](c2ccc(Cl)cc2)C(C(=O)OC)=C(C)N=3)cc1Br. The summed E-state index contributed by atoms with van der Waals surface area (Å²) in [5, 5.41) is 0.554. The van der Waals surface area contributed by atoms with Gasteiger partial charge in [0.1, 0.15) is 12.4 Å². The highest BCUT2D eigenvalue weighted by molar-refractivity contribution is 9.11. The normalized spacial score (nSPS) is 15.5. The van der Waals surface area contributed by atoms with Crippen molar-refractivity contribution in [2.24, 2.45) is 4.99 Å². The van der Waals surface area contributed by atoms with E-state index >= 15 is 0 Å². The van der Waals surface area contributed by atoms with Gasteiger partial charge in [-0.1, -0.05) is 47.7 Å². The molecule has 1 aliphatic heterocycles. The number of nitrogens with zero attached hydrogens (tertiary/aromatic N) is 2. The zero-order chi connectivity index (χ0) is 25.3. The molecule has 1 atom stereocenters. The summed E-state index contributed by atoms with van der Waals surface area (Å²) < 4.78 is 14.2. The van der Waals surface area contributed by atoms with Crippen LogP contribution >= 0.6 is 54.8 Å². The third kappa shape index (κ3) is 5.09. The Bertz CT molecular complexity index is 1520. The van der Waals surface area contributed by atoms with Crippen LogP contribution in [0, 0.1) is 0 Å². The van der Waals surface area contributed by atoms with Gasteiger partial charge >= 0.3 is 5.97 Å². The molecule has 0 bridgehead atoms. The molecule has 6 nitrogen and oxygen atoms in total. The Balaban J connectivity index is 1.90. The van der Waals surface area contributed by atoms with Gasteiger partial charge in [-0.05, 0) is 80.3 Å². The van der Waals surface area contributed by atoms with Gasteiger partial charge in [0.25, 0.3) is 5.56 Å². The van der Waals surface area contributed by atoms with Crippen molar-refractivity contribution in [3.63, 3.8) is 0 Å². The number of carbonyl (C=O) groups excluding carboxylic acids is 1. The third-order valence-corrected chi connectivity index (χ3v) is 7.69. The number of esters is 1. The first-order valence-electron chi connectivity index (χ1n) is 10.3. The lowest BCUT2D eigenvalue weighted by Gasteiger charge is -2.24. The summed E-state index contributed by atoms with van der Waals surface area (Å²) in [7, 11) is 1.31. The van der Waals surface area contributed by atoms with Gasteiger partial charge in [-0.2, -0.15) is 0 Å². The second-order valence-corrected chi connectivity index (χ2v) is 10.7. The van der Waals surface area contributed by atoms with Gasteiger partial charge in [0.2, 0.25) is 0 Å². The van der Waals surface area contributed by atoms with E-state index in [1.54, 1.807) is 43.3 Å². The van der Waals surface area contributed by atoms with E-state index in [1.807, 2.05) is 12.1 Å². The van der Waals surface area contributed by atoms with Crippen molar-refractivity contribution in [1.29, 1.82) is 0 Å². The first-order valence-corrected chi connectivity index (χ1v) is 13.1. The van der Waals surface area contributed by atoms with Crippen molar-refractivity contribution in [1.82, 2.24) is 4.57 Å². The molecule has 0 spiro atoms. The molecule has 1 aromatic heterocycles. The van der Waals surface area contributed by atoms with Crippen molar-refractivity contribution in [2.45, 2.75) is 13.0 Å². The zero-order valence-electron chi connectivity index (χ0n) is 18.7. The number of benzene rings is 2. The molecule has 0 N–H and O–H groups in total. The monoisotopic (exact) mass is 636 g/mol. The van der Waals surface area contributed by atoms with Crippen LogP contribution in [-0.2, 0) is 9.53 Å². The lowest BCUT2D eigenvalue weighted by Crippen LogP contribution is -2.39. The molecule has 4 rings (SSSR count). The molecule has 0 aliphatic carbocycles. The van der Waals surface area contributed by atoms with Gasteiger partial charge in [0, 0.05) is 5.02 Å². The summed E-state index contributed by atoms with van der Waals surface area (Å²) in [6.45, 7) is 5.77. The summed E-state index contributed by atoms with van der Waals surface area (Å²) in [6.07, 6.45) is 3.45. The van der Waals surface area contributed by atoms with Crippen molar-refractivity contribution < 1.29 is 14.3 Å². The molecule has 1 aliphatic rings. The van der Waals surface area contributed by atoms with Crippen LogP contribution in [0.25, 0.3) is 6.08 Å². The van der Waals surface area contributed by atoms with Gasteiger partial charge in [-0.15, -0.1) is 0 Å². The summed E-state index contributed by atoms with van der Waals surface area (Å²) in [6, 6.07) is 10.1. The summed E-state index contributed by atoms with van der Waals surface area (Å²) in [5.74, 6) is 0.105. The maximum atomic E-state index is 13.6. The van der Waals surface area contributed by atoms with E-state index in [0.29, 0.717) is 38.0 Å². The molecular formula is C25H19Br2ClN2O4S. The number of fused-ring (bicyclic) bond motifs is 1. The number of thiazole rings is 1. The maximum absolute atomic E-state index is 13.6. The number of rotatable bonds is 6. The van der Waals surface area contributed by atoms with Crippen LogP contribution in [0.1, 0.15) is 24.1 Å². The van der Waals surface area contributed by atoms with E-state index in [2.05, 4.69) is 43.4 Å². The van der Waals surface area contributed by atoms with E-state index in [4.69, 9.17) is 21.1 Å². The second kappa shape index (κ2) is 10.7. The largest absolute Gasteiger partial charge is 0.487 e. The molecule has 180 valence electrons. The molecule has 10 heteroatoms. The number of aromatic nitrogens is 1. The fourth-order valence-corrected chi connectivity index (χ4v) is 6.37. The maximum Gasteiger partial charge on any atom is 0.338 e. The Morgan fingerprint density at radius 2 is 1.91 bits per heavy atom. The number of ether oxygens (including phenoxy) is 2. The highest BCUT2D eigenvalue weighted by Crippen LogP contribution is 2.35. The fourth-order valence-electron chi connectivity index (χ4n) is 3.75. The average Bonchev–Trinajstić information content (AvgIpc) is 3.12. The average molecular weight is 639 g/mol. The molecule has 3 aromatic rings. The molecule has 2 aromatic carbocycles. The quantitative estimate of drug-likeness (QED) is 0.277. The van der Waals surface area contributed by atoms with Gasteiger partial charge < -0.3 is 9.47 Å². The first-order chi connectivity index (χ1) is 16.7. The number of hydrogen-bond acceptors (Lipinski definition) is 6. The van der Waals surface area contributed by atoms with Gasteiger partial charge in [0.15, 0.2) is 4.80 Å². The van der Waals surface area contributed by atoms with Crippen molar-refractivity contribution >= 4 is 66.8 Å². The van der Waals surface area contributed by atoms with Crippen LogP contribution in [0.3, 0.4) is 0 Å². The van der Waals surface area contributed by atoms with E-state index in [1.165, 1.54) is 23.0 Å². The molecule has 0 unspecified atom stereocenters. The highest BCUT2D eigenvalue weighted by atomic mass is 79.9. The zero-order valence-corrected chi connectivity index (χ0v) is 23.4. The Morgan fingerprint density at radius 1 is 1.26 bits per heavy atom. The van der Waals surface area contributed by atoms with Crippen LogP contribution in [0.2, 0.25) is 5.02 Å². The van der Waals surface area contributed by atoms with Crippen LogP contribution in [0.4, 0.5) is 0 Å². The van der Waals surface area contributed by atoms with Crippen LogP contribution in [0.15, 0.2) is 79.1 Å². The van der Waals surface area contributed by atoms with Crippen LogP contribution < -0.4 is 19.6 Å². The molecular weight excluding hydrogens is 620 g/mol. The van der Waals surface area contributed by atoms with Crippen molar-refractivity contribution in [2.75, 3.05) is 13.7 Å². The van der Waals surface area contributed by atoms with Gasteiger partial charge in [-0.3, -0.25) is 9.36 Å². The molecule has 35 heavy (non-hydrogen) atoms. The Morgan fingerprint density at radius 3 is 2.51 bits per heavy atom. The first kappa shape index (κ1) is 25.6. The standard InChI is InChI=1S/C25H19Br2ClN2O4S/c1-4-9-34-22-17(26)10-14(11-18(22)27)12-19-23(31)30-21(15-5-7-16(28)8-6-15)20(24(32)33-3)13(2)29-25(30)35-19/h4-8,10-12,21H,1,9H2,2-3H3/b19-12-/t21-/m1/s1. The van der Waals surface area contributed by atoms with Crippen LogP contribution in [-0.4, -0.2) is 24.3 Å². The lowest BCUT2D eigenvalue weighted by molar-refractivity contribution is -0.136. The Kier molecular flexibility index (Phi) is 7.80. The van der Waals surface area contributed by atoms with E-state index < -0.39 is 12.0 Å². The number of carbonyl (C=O) groups is 1. The summed E-state index contributed by atoms with van der Waals surface area (Å²) in [4.78, 5) is 31.4. The second-order valence-electron chi connectivity index (χ2n) is 7.54. The van der Waals surface area contributed by atoms with E-state index in [-0.39, 0.29) is 5.56 Å². The predicted octanol–water partition coefficient (Wildman–Crippen LogP) is 5.15. The molecule has 0 saturated heterocycles. The highest BCUT2D eigenvalue weighted by Gasteiger charge is 2.33. The van der Waals surface area contributed by atoms with Gasteiger partial charge in [0.05, 0.1) is 37.9 Å². The molecule has 0 amide bonds. The third-order valence-electron chi connectivity index (χ3n) is 5.28. The number of halogens is 3. The number of methoxy groups -OCH3 is 1. The van der Waals surface area contributed by atoms with E-state index in [0.717, 1.165) is 20.1 Å². The minimum atomic E-state index is -0.689. The predicted molar refractivity (Wildman–Crippen MR) is 145 cm³/mol. The molecule has 0 radical (unpaired) electrons. The number of hydrogen-bond donors (Lipinski definition) is 0. The molecule has 2 heterocycles. The lowest BCUT2D eigenvalue weighted by atomic mass is 9.96. The topological polar surface area (TPSA) is 69.9 Å². The molecule has 0 fully saturated rings. The van der Waals surface area contributed by atoms with Gasteiger partial charge in [-0.25, -0.2) is 9.79 Å². The van der Waals surface area contributed by atoms with Crippen molar-refractivity contribution in [3.8, 4) is 5.75 Å². The Hall–Kier alpha value is -2.46. The Labute approximate surface area is 227 Å². The van der Waals surface area contributed by atoms with E-state index in [9.17, 15) is 9.59 Å². The smallest absolute Gasteiger partial charge is 0.338 e.